The summed E-state index contributed by atoms with van der Waals surface area (Å²) >= 11 is 0. The van der Waals surface area contributed by atoms with Crippen molar-refractivity contribution in [3.63, 3.8) is 0 Å². The zero-order valence-electron chi connectivity index (χ0n) is 7.57. The van der Waals surface area contributed by atoms with Crippen LogP contribution in [0.5, 0.6) is 0 Å². The lowest BCUT2D eigenvalue weighted by Gasteiger charge is -2.21. The highest BCUT2D eigenvalue weighted by Crippen LogP contribution is 2.21. The van der Waals surface area contributed by atoms with Crippen molar-refractivity contribution in [2.75, 3.05) is 0 Å². The number of fused-ring (bicyclic) bond motifs is 1. The highest BCUT2D eigenvalue weighted by molar-refractivity contribution is 5.94. The molecule has 0 fully saturated rings. The molecule has 15 heavy (non-hydrogen) atoms. The van der Waals surface area contributed by atoms with E-state index in [0.717, 1.165) is 12.1 Å². The van der Waals surface area contributed by atoms with Gasteiger partial charge in [-0.05, 0) is 23.8 Å². The molecule has 0 amide bonds. The molecule has 0 saturated heterocycles. The summed E-state index contributed by atoms with van der Waals surface area (Å²) in [4.78, 5) is 21.9. The van der Waals surface area contributed by atoms with Gasteiger partial charge in [0.2, 0.25) is 6.10 Å². The Bertz CT molecular complexity index is 441. The summed E-state index contributed by atoms with van der Waals surface area (Å²) in [6.45, 7) is 0. The van der Waals surface area contributed by atoms with Crippen molar-refractivity contribution in [2.45, 2.75) is 12.5 Å². The Morgan fingerprint density at radius 1 is 1.53 bits per heavy atom. The first-order valence-electron chi connectivity index (χ1n) is 4.30. The van der Waals surface area contributed by atoms with E-state index in [9.17, 15) is 14.0 Å². The van der Waals surface area contributed by atoms with Gasteiger partial charge in [0.25, 0.3) is 0 Å². The Labute approximate surface area is 84.3 Å². The molecule has 0 spiro atoms. The van der Waals surface area contributed by atoms with Gasteiger partial charge < -0.3 is 9.84 Å². The van der Waals surface area contributed by atoms with Crippen LogP contribution in [-0.4, -0.2) is 23.1 Å². The first kappa shape index (κ1) is 9.64. The van der Waals surface area contributed by atoms with E-state index in [1.54, 1.807) is 0 Å². The van der Waals surface area contributed by atoms with Crippen LogP contribution < -0.4 is 0 Å². The molecule has 0 saturated carbocycles. The van der Waals surface area contributed by atoms with E-state index < -0.39 is 23.9 Å². The van der Waals surface area contributed by atoms with Gasteiger partial charge in [-0.25, -0.2) is 14.0 Å². The maximum atomic E-state index is 12.9. The van der Waals surface area contributed by atoms with Gasteiger partial charge in [0.15, 0.2) is 0 Å². The van der Waals surface area contributed by atoms with Crippen molar-refractivity contribution < 1.29 is 23.8 Å². The first-order chi connectivity index (χ1) is 7.08. The Hall–Kier alpha value is -1.91. The summed E-state index contributed by atoms with van der Waals surface area (Å²) in [5.41, 5.74) is 0.604. The third kappa shape index (κ3) is 1.68. The number of cyclic esters (lactones) is 1. The zero-order chi connectivity index (χ0) is 11.0. The molecule has 0 bridgehead atoms. The normalized spacial score (nSPS) is 19.3. The number of carbonyl (C=O) groups is 2. The van der Waals surface area contributed by atoms with Gasteiger partial charge in [-0.2, -0.15) is 0 Å². The van der Waals surface area contributed by atoms with Gasteiger partial charge in [0, 0.05) is 6.42 Å². The van der Waals surface area contributed by atoms with Crippen LogP contribution in [0, 0.1) is 5.82 Å². The lowest BCUT2D eigenvalue weighted by molar-refractivity contribution is -0.147. The minimum atomic E-state index is -1.22. The second-order valence-corrected chi connectivity index (χ2v) is 3.24. The van der Waals surface area contributed by atoms with Crippen molar-refractivity contribution >= 4 is 11.9 Å². The monoisotopic (exact) mass is 210 g/mol. The SMILES string of the molecule is O=C1OC(C(=O)O)Cc2cc(F)ccc21. The fourth-order valence-corrected chi connectivity index (χ4v) is 1.50. The molecule has 4 nitrogen and oxygen atoms in total. The predicted molar refractivity (Wildman–Crippen MR) is 46.9 cm³/mol. The molecule has 1 aromatic carbocycles. The van der Waals surface area contributed by atoms with Gasteiger partial charge in [-0.3, -0.25) is 0 Å². The van der Waals surface area contributed by atoms with Crippen LogP contribution >= 0.6 is 0 Å². The number of hydrogen-bond donors (Lipinski definition) is 1. The molecule has 0 aliphatic carbocycles. The number of ether oxygens (including phenoxy) is 1. The molecule has 1 N–H and O–H groups in total. The van der Waals surface area contributed by atoms with Crippen LogP contribution in [0.25, 0.3) is 0 Å². The molecular weight excluding hydrogens is 203 g/mol. The summed E-state index contributed by atoms with van der Waals surface area (Å²) < 4.78 is 17.5. The van der Waals surface area contributed by atoms with Gasteiger partial charge in [-0.1, -0.05) is 0 Å². The highest BCUT2D eigenvalue weighted by atomic mass is 19.1. The summed E-state index contributed by atoms with van der Waals surface area (Å²) in [5.74, 6) is -2.44. The van der Waals surface area contributed by atoms with Crippen LogP contribution in [0.15, 0.2) is 18.2 Å². The highest BCUT2D eigenvalue weighted by Gasteiger charge is 2.31. The van der Waals surface area contributed by atoms with Crippen molar-refractivity contribution in [3.05, 3.63) is 35.1 Å². The van der Waals surface area contributed by atoms with Crippen LogP contribution in [0.3, 0.4) is 0 Å². The van der Waals surface area contributed by atoms with E-state index >= 15 is 0 Å². The number of carbonyl (C=O) groups excluding carboxylic acids is 1. The van der Waals surface area contributed by atoms with Crippen molar-refractivity contribution in [1.29, 1.82) is 0 Å². The Balaban J connectivity index is 2.41. The summed E-state index contributed by atoms with van der Waals surface area (Å²) in [6.07, 6.45) is -1.21. The topological polar surface area (TPSA) is 63.6 Å². The average Bonchev–Trinajstić information content (AvgIpc) is 2.16. The van der Waals surface area contributed by atoms with E-state index in [4.69, 9.17) is 5.11 Å². The van der Waals surface area contributed by atoms with Crippen molar-refractivity contribution in [2.24, 2.45) is 0 Å². The fraction of sp³-hybridized carbons (Fsp3) is 0.200. The molecule has 1 aromatic rings. The molecule has 1 aliphatic rings. The lowest BCUT2D eigenvalue weighted by atomic mass is 9.98. The molecule has 1 unspecified atom stereocenters. The standard InChI is InChI=1S/C10H7FO4/c11-6-1-2-7-5(3-6)4-8(9(12)13)15-10(7)14/h1-3,8H,4H2,(H,12,13). The van der Waals surface area contributed by atoms with Gasteiger partial charge in [0.1, 0.15) is 5.82 Å². The molecule has 1 atom stereocenters. The number of benzene rings is 1. The van der Waals surface area contributed by atoms with E-state index in [-0.39, 0.29) is 12.0 Å². The first-order valence-corrected chi connectivity index (χ1v) is 4.30. The van der Waals surface area contributed by atoms with E-state index in [1.165, 1.54) is 6.07 Å². The van der Waals surface area contributed by atoms with E-state index in [0.29, 0.717) is 5.56 Å². The molecule has 1 aliphatic heterocycles. The second-order valence-electron chi connectivity index (χ2n) is 3.24. The van der Waals surface area contributed by atoms with Crippen LogP contribution in [0.4, 0.5) is 4.39 Å². The third-order valence-electron chi connectivity index (χ3n) is 2.22. The van der Waals surface area contributed by atoms with E-state index in [1.807, 2.05) is 0 Å². The van der Waals surface area contributed by atoms with Crippen molar-refractivity contribution in [3.8, 4) is 0 Å². The van der Waals surface area contributed by atoms with Crippen LogP contribution in [-0.2, 0) is 16.0 Å². The van der Waals surface area contributed by atoms with Gasteiger partial charge >= 0.3 is 11.9 Å². The smallest absolute Gasteiger partial charge is 0.345 e. The molecule has 1 heterocycles. The number of carboxylic acid groups (broad SMARTS) is 1. The van der Waals surface area contributed by atoms with E-state index in [2.05, 4.69) is 4.74 Å². The lowest BCUT2D eigenvalue weighted by Crippen LogP contribution is -2.34. The van der Waals surface area contributed by atoms with Crippen molar-refractivity contribution in [1.82, 2.24) is 0 Å². The molecule has 0 radical (unpaired) electrons. The quantitative estimate of drug-likeness (QED) is 0.702. The number of aliphatic carboxylic acids is 1. The predicted octanol–water partition coefficient (Wildman–Crippen LogP) is 0.992. The minimum Gasteiger partial charge on any atom is -0.478 e. The molecule has 78 valence electrons. The van der Waals surface area contributed by atoms with Gasteiger partial charge in [-0.15, -0.1) is 0 Å². The number of carboxylic acids is 1. The Morgan fingerprint density at radius 3 is 2.93 bits per heavy atom. The second kappa shape index (κ2) is 3.34. The third-order valence-corrected chi connectivity index (χ3v) is 2.22. The van der Waals surface area contributed by atoms with Crippen LogP contribution in [0.2, 0.25) is 0 Å². The largest absolute Gasteiger partial charge is 0.478 e. The summed E-state index contributed by atoms with van der Waals surface area (Å²) in [5, 5.41) is 8.68. The summed E-state index contributed by atoms with van der Waals surface area (Å²) in [6, 6.07) is 3.60. The fourth-order valence-electron chi connectivity index (χ4n) is 1.50. The van der Waals surface area contributed by atoms with Crippen LogP contribution in [0.1, 0.15) is 15.9 Å². The average molecular weight is 210 g/mol. The zero-order valence-corrected chi connectivity index (χ0v) is 7.57. The maximum Gasteiger partial charge on any atom is 0.345 e. The molecular formula is C10H7FO4. The molecule has 2 rings (SSSR count). The number of esters is 1. The number of hydrogen-bond acceptors (Lipinski definition) is 3. The molecule has 0 aromatic heterocycles. The Kier molecular flexibility index (Phi) is 2.15. The minimum absolute atomic E-state index is 0.00810. The molecule has 5 heteroatoms. The number of halogens is 1. The summed E-state index contributed by atoms with van der Waals surface area (Å²) in [7, 11) is 0. The Morgan fingerprint density at radius 2 is 2.27 bits per heavy atom. The van der Waals surface area contributed by atoms with Gasteiger partial charge in [0.05, 0.1) is 5.56 Å². The number of rotatable bonds is 1. The maximum absolute atomic E-state index is 12.9.